The van der Waals surface area contributed by atoms with Gasteiger partial charge in [-0.05, 0) is 24.3 Å². The summed E-state index contributed by atoms with van der Waals surface area (Å²) in [6, 6.07) is 8.04. The van der Waals surface area contributed by atoms with Gasteiger partial charge in [-0.1, -0.05) is 23.2 Å². The summed E-state index contributed by atoms with van der Waals surface area (Å²) >= 11 is 11.7. The summed E-state index contributed by atoms with van der Waals surface area (Å²) in [6.45, 7) is 0. The quantitative estimate of drug-likeness (QED) is 0.880. The first-order chi connectivity index (χ1) is 9.10. The molecule has 0 atom stereocenters. The molecule has 0 saturated heterocycles. The summed E-state index contributed by atoms with van der Waals surface area (Å²) in [5.74, 6) is 0.284. The van der Waals surface area contributed by atoms with Crippen molar-refractivity contribution in [3.05, 3.63) is 52.3 Å². The topological polar surface area (TPSA) is 51.2 Å². The van der Waals surface area contributed by atoms with Gasteiger partial charge in [0.05, 0.1) is 17.8 Å². The van der Waals surface area contributed by atoms with E-state index in [0.29, 0.717) is 22.0 Å². The normalized spacial score (nSPS) is 10.1. The van der Waals surface area contributed by atoms with E-state index in [4.69, 9.17) is 27.9 Å². The van der Waals surface area contributed by atoms with Crippen molar-refractivity contribution in [2.24, 2.45) is 0 Å². The van der Waals surface area contributed by atoms with Crippen molar-refractivity contribution in [2.45, 2.75) is 0 Å². The highest BCUT2D eigenvalue weighted by Gasteiger charge is 2.10. The molecule has 0 aliphatic rings. The van der Waals surface area contributed by atoms with Crippen molar-refractivity contribution in [1.82, 2.24) is 4.98 Å². The van der Waals surface area contributed by atoms with Gasteiger partial charge in [-0.3, -0.25) is 4.79 Å². The highest BCUT2D eigenvalue weighted by atomic mass is 35.5. The molecular weight excluding hydrogens is 287 g/mol. The van der Waals surface area contributed by atoms with Crippen LogP contribution in [0.1, 0.15) is 10.4 Å². The van der Waals surface area contributed by atoms with E-state index in [-0.39, 0.29) is 11.1 Å². The third kappa shape index (κ3) is 3.36. The van der Waals surface area contributed by atoms with Crippen molar-refractivity contribution in [3.8, 4) is 5.75 Å². The van der Waals surface area contributed by atoms with Gasteiger partial charge in [0, 0.05) is 17.8 Å². The molecule has 2 aromatic rings. The maximum absolute atomic E-state index is 12.0. The average Bonchev–Trinajstić information content (AvgIpc) is 2.41. The number of halogens is 2. The third-order valence-electron chi connectivity index (χ3n) is 2.41. The second-order valence-corrected chi connectivity index (χ2v) is 4.46. The molecule has 0 spiro atoms. The molecule has 1 aromatic carbocycles. The Morgan fingerprint density at radius 2 is 2.05 bits per heavy atom. The van der Waals surface area contributed by atoms with E-state index in [0.717, 1.165) is 0 Å². The van der Waals surface area contributed by atoms with Crippen molar-refractivity contribution in [3.63, 3.8) is 0 Å². The van der Waals surface area contributed by atoms with Gasteiger partial charge in [0.2, 0.25) is 0 Å². The second-order valence-electron chi connectivity index (χ2n) is 3.67. The van der Waals surface area contributed by atoms with E-state index in [1.807, 2.05) is 0 Å². The molecule has 2 rings (SSSR count). The van der Waals surface area contributed by atoms with Crippen LogP contribution in [0.25, 0.3) is 0 Å². The number of hydrogen-bond acceptors (Lipinski definition) is 3. The van der Waals surface area contributed by atoms with Crippen LogP contribution in [0.4, 0.5) is 5.69 Å². The standard InChI is InChI=1S/C13H10Cl2N2O2/c1-19-9-2-3-10(14)11(7-9)17-13(18)8-4-5-16-12(15)6-8/h2-7H,1H3,(H,17,18). The maximum Gasteiger partial charge on any atom is 0.255 e. The Kier molecular flexibility index (Phi) is 4.24. The molecule has 0 aliphatic carbocycles. The van der Waals surface area contributed by atoms with Crippen LogP contribution >= 0.6 is 23.2 Å². The van der Waals surface area contributed by atoms with Gasteiger partial charge in [0.15, 0.2) is 0 Å². The minimum Gasteiger partial charge on any atom is -0.497 e. The number of carbonyl (C=O) groups excluding carboxylic acids is 1. The minimum absolute atomic E-state index is 0.254. The number of hydrogen-bond donors (Lipinski definition) is 1. The molecule has 4 nitrogen and oxygen atoms in total. The molecule has 0 bridgehead atoms. The summed E-state index contributed by atoms with van der Waals surface area (Å²) in [5.41, 5.74) is 0.873. The summed E-state index contributed by atoms with van der Waals surface area (Å²) in [4.78, 5) is 15.8. The molecule has 0 unspecified atom stereocenters. The van der Waals surface area contributed by atoms with Crippen molar-refractivity contribution < 1.29 is 9.53 Å². The number of rotatable bonds is 3. The lowest BCUT2D eigenvalue weighted by Crippen LogP contribution is -2.12. The number of aromatic nitrogens is 1. The third-order valence-corrected chi connectivity index (χ3v) is 2.95. The molecule has 1 amide bonds. The largest absolute Gasteiger partial charge is 0.497 e. The van der Waals surface area contributed by atoms with Gasteiger partial charge in [0.1, 0.15) is 10.9 Å². The zero-order chi connectivity index (χ0) is 13.8. The number of methoxy groups -OCH3 is 1. The Hall–Kier alpha value is -1.78. The molecule has 6 heteroatoms. The predicted octanol–water partition coefficient (Wildman–Crippen LogP) is 3.65. The van der Waals surface area contributed by atoms with Crippen molar-refractivity contribution >= 4 is 34.8 Å². The summed E-state index contributed by atoms with van der Waals surface area (Å²) in [5, 5.41) is 3.37. The zero-order valence-electron chi connectivity index (χ0n) is 9.98. The van der Waals surface area contributed by atoms with Crippen LogP contribution in [0.2, 0.25) is 10.2 Å². The number of pyridine rings is 1. The van der Waals surface area contributed by atoms with Crippen LogP contribution in [0.15, 0.2) is 36.5 Å². The number of anilines is 1. The van der Waals surface area contributed by atoms with Crippen molar-refractivity contribution in [1.29, 1.82) is 0 Å². The zero-order valence-corrected chi connectivity index (χ0v) is 11.5. The van der Waals surface area contributed by atoms with E-state index in [1.165, 1.54) is 19.4 Å². The van der Waals surface area contributed by atoms with Crippen LogP contribution in [0.3, 0.4) is 0 Å². The number of nitrogens with zero attached hydrogens (tertiary/aromatic N) is 1. The monoisotopic (exact) mass is 296 g/mol. The number of ether oxygens (including phenoxy) is 1. The number of benzene rings is 1. The van der Waals surface area contributed by atoms with Gasteiger partial charge < -0.3 is 10.1 Å². The molecule has 0 fully saturated rings. The lowest BCUT2D eigenvalue weighted by Gasteiger charge is -2.09. The Bertz CT molecular complexity index is 617. The van der Waals surface area contributed by atoms with Crippen LogP contribution in [-0.2, 0) is 0 Å². The van der Waals surface area contributed by atoms with Gasteiger partial charge in [0.25, 0.3) is 5.91 Å². The molecule has 0 saturated carbocycles. The molecule has 0 radical (unpaired) electrons. The predicted molar refractivity (Wildman–Crippen MR) is 75.2 cm³/mol. The first-order valence-corrected chi connectivity index (χ1v) is 6.12. The van der Waals surface area contributed by atoms with Crippen molar-refractivity contribution in [2.75, 3.05) is 12.4 Å². The fourth-order valence-electron chi connectivity index (χ4n) is 1.47. The van der Waals surface area contributed by atoms with E-state index < -0.39 is 0 Å². The van der Waals surface area contributed by atoms with Gasteiger partial charge in [-0.2, -0.15) is 0 Å². The number of nitrogens with one attached hydrogen (secondary N) is 1. The number of amides is 1. The molecule has 1 aromatic heterocycles. The van der Waals surface area contributed by atoms with Crippen LogP contribution < -0.4 is 10.1 Å². The van der Waals surface area contributed by atoms with E-state index in [9.17, 15) is 4.79 Å². The highest BCUT2D eigenvalue weighted by molar-refractivity contribution is 6.34. The molecule has 0 aliphatic heterocycles. The maximum atomic E-state index is 12.0. The lowest BCUT2D eigenvalue weighted by molar-refractivity contribution is 0.102. The molecule has 98 valence electrons. The average molecular weight is 297 g/mol. The molecule has 1 heterocycles. The summed E-state index contributed by atoms with van der Waals surface area (Å²) in [7, 11) is 1.54. The second kappa shape index (κ2) is 5.91. The number of carbonyl (C=O) groups is 1. The van der Waals surface area contributed by atoms with Crippen LogP contribution in [-0.4, -0.2) is 18.0 Å². The SMILES string of the molecule is COc1ccc(Cl)c(NC(=O)c2ccnc(Cl)c2)c1. The molecular formula is C13H10Cl2N2O2. The van der Waals surface area contributed by atoms with E-state index >= 15 is 0 Å². The lowest BCUT2D eigenvalue weighted by atomic mass is 10.2. The van der Waals surface area contributed by atoms with E-state index in [2.05, 4.69) is 10.3 Å². The Morgan fingerprint density at radius 3 is 2.74 bits per heavy atom. The van der Waals surface area contributed by atoms with Gasteiger partial charge in [-0.15, -0.1) is 0 Å². The van der Waals surface area contributed by atoms with E-state index in [1.54, 1.807) is 24.3 Å². The fourth-order valence-corrected chi connectivity index (χ4v) is 1.80. The first-order valence-electron chi connectivity index (χ1n) is 5.36. The van der Waals surface area contributed by atoms with Crippen LogP contribution in [0, 0.1) is 0 Å². The molecule has 19 heavy (non-hydrogen) atoms. The van der Waals surface area contributed by atoms with Crippen LogP contribution in [0.5, 0.6) is 5.75 Å². The molecule has 1 N–H and O–H groups in total. The minimum atomic E-state index is -0.320. The Morgan fingerprint density at radius 1 is 1.26 bits per heavy atom. The fraction of sp³-hybridized carbons (Fsp3) is 0.0769. The summed E-state index contributed by atoms with van der Waals surface area (Å²) in [6.07, 6.45) is 1.46. The first kappa shape index (κ1) is 13.6. The smallest absolute Gasteiger partial charge is 0.255 e. The Labute approximate surface area is 120 Å². The summed E-state index contributed by atoms with van der Waals surface area (Å²) < 4.78 is 5.08. The Balaban J connectivity index is 2.23. The highest BCUT2D eigenvalue weighted by Crippen LogP contribution is 2.27. The van der Waals surface area contributed by atoms with Gasteiger partial charge >= 0.3 is 0 Å². The van der Waals surface area contributed by atoms with Gasteiger partial charge in [-0.25, -0.2) is 4.98 Å².